The molecular formula is C19H32FN5. The Kier molecular flexibility index (Phi) is 6.15. The monoisotopic (exact) mass is 349 g/mol. The molecule has 0 atom stereocenters. The molecule has 0 aliphatic carbocycles. The van der Waals surface area contributed by atoms with Crippen LogP contribution >= 0.6 is 0 Å². The van der Waals surface area contributed by atoms with Crippen molar-refractivity contribution in [2.24, 2.45) is 0 Å². The maximum Gasteiger partial charge on any atom is 0.148 e. The fourth-order valence-corrected chi connectivity index (χ4v) is 3.88. The second-order valence-electron chi connectivity index (χ2n) is 7.55. The highest BCUT2D eigenvalue weighted by Crippen LogP contribution is 2.26. The molecule has 25 heavy (non-hydrogen) atoms. The third-order valence-corrected chi connectivity index (χ3v) is 5.77. The lowest BCUT2D eigenvalue weighted by molar-refractivity contribution is 0.125. The fraction of sp³-hybridized carbons (Fsp3) is 0.684. The SMILES string of the molecule is CN1CCN(CCN(C)C2CCN(c3ccc(N)cc3F)CC2)CC1. The summed E-state index contributed by atoms with van der Waals surface area (Å²) in [4.78, 5) is 9.61. The van der Waals surface area contributed by atoms with Gasteiger partial charge in [0.15, 0.2) is 0 Å². The molecule has 0 saturated carbocycles. The Balaban J connectivity index is 1.43. The topological polar surface area (TPSA) is 39.0 Å². The van der Waals surface area contributed by atoms with Crippen molar-refractivity contribution in [3.05, 3.63) is 24.0 Å². The van der Waals surface area contributed by atoms with E-state index in [-0.39, 0.29) is 5.82 Å². The molecule has 0 aromatic heterocycles. The van der Waals surface area contributed by atoms with Crippen LogP contribution in [0.1, 0.15) is 12.8 Å². The lowest BCUT2D eigenvalue weighted by atomic mass is 10.0. The van der Waals surface area contributed by atoms with Gasteiger partial charge in [0.05, 0.1) is 5.69 Å². The van der Waals surface area contributed by atoms with Crippen LogP contribution in [0.2, 0.25) is 0 Å². The Hall–Kier alpha value is -1.37. The minimum absolute atomic E-state index is 0.207. The number of benzene rings is 1. The van der Waals surface area contributed by atoms with Crippen LogP contribution in [0.25, 0.3) is 0 Å². The Morgan fingerprint density at radius 3 is 2.44 bits per heavy atom. The predicted molar refractivity (Wildman–Crippen MR) is 103 cm³/mol. The molecule has 2 N–H and O–H groups in total. The number of hydrogen-bond donors (Lipinski definition) is 1. The molecule has 0 amide bonds. The summed E-state index contributed by atoms with van der Waals surface area (Å²) in [5.41, 5.74) is 6.82. The van der Waals surface area contributed by atoms with E-state index in [2.05, 4.69) is 33.7 Å². The van der Waals surface area contributed by atoms with Gasteiger partial charge >= 0.3 is 0 Å². The molecule has 6 heteroatoms. The molecule has 0 spiro atoms. The zero-order valence-electron chi connectivity index (χ0n) is 15.6. The summed E-state index contributed by atoms with van der Waals surface area (Å²) in [7, 11) is 4.43. The number of anilines is 2. The second kappa shape index (κ2) is 8.34. The van der Waals surface area contributed by atoms with E-state index in [4.69, 9.17) is 5.73 Å². The molecule has 1 aromatic carbocycles. The zero-order valence-corrected chi connectivity index (χ0v) is 15.6. The Bertz CT molecular complexity index is 551. The first-order chi connectivity index (χ1) is 12.0. The molecule has 2 saturated heterocycles. The van der Waals surface area contributed by atoms with Crippen LogP contribution in [0.4, 0.5) is 15.8 Å². The largest absolute Gasteiger partial charge is 0.399 e. The van der Waals surface area contributed by atoms with Crippen molar-refractivity contribution in [2.75, 3.05) is 77.1 Å². The second-order valence-corrected chi connectivity index (χ2v) is 7.55. The minimum Gasteiger partial charge on any atom is -0.399 e. The van der Waals surface area contributed by atoms with E-state index in [9.17, 15) is 4.39 Å². The van der Waals surface area contributed by atoms with Gasteiger partial charge in [-0.3, -0.25) is 4.90 Å². The molecular weight excluding hydrogens is 317 g/mol. The number of halogens is 1. The fourth-order valence-electron chi connectivity index (χ4n) is 3.88. The lowest BCUT2D eigenvalue weighted by Gasteiger charge is -2.39. The molecule has 2 heterocycles. The van der Waals surface area contributed by atoms with Gasteiger partial charge in [-0.2, -0.15) is 0 Å². The number of piperazine rings is 1. The number of nitrogen functional groups attached to an aromatic ring is 1. The summed E-state index contributed by atoms with van der Waals surface area (Å²) in [6.07, 6.45) is 2.17. The van der Waals surface area contributed by atoms with Gasteiger partial charge in [-0.1, -0.05) is 0 Å². The van der Waals surface area contributed by atoms with Crippen molar-refractivity contribution < 1.29 is 4.39 Å². The number of hydrogen-bond acceptors (Lipinski definition) is 5. The molecule has 0 bridgehead atoms. The summed E-state index contributed by atoms with van der Waals surface area (Å²) >= 11 is 0. The molecule has 2 aliphatic rings. The first-order valence-corrected chi connectivity index (χ1v) is 9.44. The smallest absolute Gasteiger partial charge is 0.148 e. The van der Waals surface area contributed by atoms with Crippen LogP contribution in [0.5, 0.6) is 0 Å². The highest BCUT2D eigenvalue weighted by Gasteiger charge is 2.24. The van der Waals surface area contributed by atoms with Crippen molar-refractivity contribution in [3.8, 4) is 0 Å². The molecule has 2 fully saturated rings. The van der Waals surface area contributed by atoms with Crippen LogP contribution in [0, 0.1) is 5.82 Å². The highest BCUT2D eigenvalue weighted by molar-refractivity contribution is 5.54. The first-order valence-electron chi connectivity index (χ1n) is 9.44. The molecule has 2 aliphatic heterocycles. The normalized spacial score (nSPS) is 21.2. The van der Waals surface area contributed by atoms with Gasteiger partial charge in [0.2, 0.25) is 0 Å². The van der Waals surface area contributed by atoms with Gasteiger partial charge in [0.1, 0.15) is 5.82 Å². The first kappa shape index (κ1) is 18.4. The number of nitrogens with two attached hydrogens (primary N) is 1. The van der Waals surface area contributed by atoms with Gasteiger partial charge in [0, 0.05) is 64.1 Å². The number of likely N-dealkylation sites (N-methyl/N-ethyl adjacent to an activating group) is 2. The summed E-state index contributed by atoms with van der Waals surface area (Å²) in [5, 5.41) is 0. The van der Waals surface area contributed by atoms with Gasteiger partial charge in [-0.05, 0) is 45.1 Å². The minimum atomic E-state index is -0.207. The molecule has 1 aromatic rings. The summed E-state index contributed by atoms with van der Waals surface area (Å²) in [6, 6.07) is 5.61. The van der Waals surface area contributed by atoms with E-state index in [1.807, 2.05) is 6.07 Å². The molecule has 140 valence electrons. The van der Waals surface area contributed by atoms with Crippen LogP contribution in [-0.2, 0) is 0 Å². The van der Waals surface area contributed by atoms with Gasteiger partial charge in [-0.15, -0.1) is 0 Å². The zero-order chi connectivity index (χ0) is 17.8. The molecule has 5 nitrogen and oxygen atoms in total. The Labute approximate surface area is 151 Å². The number of nitrogens with zero attached hydrogens (tertiary/aromatic N) is 4. The van der Waals surface area contributed by atoms with E-state index in [0.717, 1.165) is 39.0 Å². The summed E-state index contributed by atoms with van der Waals surface area (Å²) < 4.78 is 14.1. The predicted octanol–water partition coefficient (Wildman–Crippen LogP) is 1.56. The molecule has 0 unspecified atom stereocenters. The molecule has 0 radical (unpaired) electrons. The lowest BCUT2D eigenvalue weighted by Crippen LogP contribution is -2.49. The van der Waals surface area contributed by atoms with E-state index in [0.29, 0.717) is 17.4 Å². The van der Waals surface area contributed by atoms with Crippen LogP contribution in [-0.4, -0.2) is 87.2 Å². The van der Waals surface area contributed by atoms with E-state index in [1.165, 1.54) is 32.2 Å². The number of rotatable bonds is 5. The van der Waals surface area contributed by atoms with E-state index >= 15 is 0 Å². The van der Waals surface area contributed by atoms with Crippen molar-refractivity contribution in [3.63, 3.8) is 0 Å². The van der Waals surface area contributed by atoms with Crippen molar-refractivity contribution in [1.82, 2.24) is 14.7 Å². The van der Waals surface area contributed by atoms with Crippen LogP contribution in [0.3, 0.4) is 0 Å². The summed E-state index contributed by atoms with van der Waals surface area (Å²) in [6.45, 7) is 8.79. The number of piperidine rings is 1. The Morgan fingerprint density at radius 2 is 1.80 bits per heavy atom. The van der Waals surface area contributed by atoms with Crippen LogP contribution in [0.15, 0.2) is 18.2 Å². The maximum atomic E-state index is 14.1. The van der Waals surface area contributed by atoms with Gasteiger partial charge < -0.3 is 20.4 Å². The van der Waals surface area contributed by atoms with Crippen molar-refractivity contribution >= 4 is 11.4 Å². The average Bonchev–Trinajstić information content (AvgIpc) is 2.61. The van der Waals surface area contributed by atoms with Gasteiger partial charge in [0.25, 0.3) is 0 Å². The third kappa shape index (κ3) is 4.84. The van der Waals surface area contributed by atoms with Gasteiger partial charge in [-0.25, -0.2) is 4.39 Å². The van der Waals surface area contributed by atoms with E-state index in [1.54, 1.807) is 6.07 Å². The van der Waals surface area contributed by atoms with Crippen molar-refractivity contribution in [1.29, 1.82) is 0 Å². The maximum absolute atomic E-state index is 14.1. The summed E-state index contributed by atoms with van der Waals surface area (Å²) in [5.74, 6) is -0.207. The molecule has 3 rings (SSSR count). The Morgan fingerprint density at radius 1 is 1.12 bits per heavy atom. The average molecular weight is 349 g/mol. The van der Waals surface area contributed by atoms with Crippen LogP contribution < -0.4 is 10.6 Å². The van der Waals surface area contributed by atoms with Crippen molar-refractivity contribution in [2.45, 2.75) is 18.9 Å². The third-order valence-electron chi connectivity index (χ3n) is 5.77. The standard InChI is InChI=1S/C19H32FN5/c1-22-9-12-24(13-10-22)14-11-23(2)17-5-7-25(8-6-17)19-4-3-16(21)15-18(19)20/h3-4,15,17H,5-14,21H2,1-2H3. The quantitative estimate of drug-likeness (QED) is 0.817. The highest BCUT2D eigenvalue weighted by atomic mass is 19.1. The van der Waals surface area contributed by atoms with E-state index < -0.39 is 0 Å².